The lowest BCUT2D eigenvalue weighted by Crippen LogP contribution is -2.37. The summed E-state index contributed by atoms with van der Waals surface area (Å²) in [6.07, 6.45) is -4.13. The summed E-state index contributed by atoms with van der Waals surface area (Å²) in [5, 5.41) is 1.45. The number of hydroxylamine groups is 2. The summed E-state index contributed by atoms with van der Waals surface area (Å²) in [7, 11) is 0. The second kappa shape index (κ2) is 11.0. The van der Waals surface area contributed by atoms with Gasteiger partial charge in [0, 0.05) is 12.6 Å². The summed E-state index contributed by atoms with van der Waals surface area (Å²) >= 11 is 0. The van der Waals surface area contributed by atoms with Crippen molar-refractivity contribution in [1.82, 2.24) is 5.06 Å². The average molecular weight is 439 g/mol. The van der Waals surface area contributed by atoms with Crippen LogP contribution in [0.5, 0.6) is 11.5 Å². The van der Waals surface area contributed by atoms with Crippen LogP contribution in [0.3, 0.4) is 0 Å². The van der Waals surface area contributed by atoms with Crippen molar-refractivity contribution in [3.05, 3.63) is 59.2 Å². The number of carbonyl (C=O) groups excluding carboxylic acids is 1. The number of rotatable bonds is 10. The summed E-state index contributed by atoms with van der Waals surface area (Å²) < 4.78 is 50.1. The molecule has 170 valence electrons. The smallest absolute Gasteiger partial charge is 0.416 e. The molecule has 31 heavy (non-hydrogen) atoms. The van der Waals surface area contributed by atoms with E-state index in [1.165, 1.54) is 11.1 Å². The Morgan fingerprint density at radius 2 is 1.58 bits per heavy atom. The van der Waals surface area contributed by atoms with Gasteiger partial charge in [-0.1, -0.05) is 24.3 Å². The maximum atomic E-state index is 13.0. The molecule has 0 bridgehead atoms. The predicted molar refractivity (Wildman–Crippen MR) is 111 cm³/mol. The molecule has 0 saturated heterocycles. The average Bonchev–Trinajstić information content (AvgIpc) is 2.72. The Morgan fingerprint density at radius 1 is 1.00 bits per heavy atom. The summed E-state index contributed by atoms with van der Waals surface area (Å²) in [5.41, 5.74) is -0.0262. The van der Waals surface area contributed by atoms with Crippen LogP contribution in [0.25, 0.3) is 0 Å². The van der Waals surface area contributed by atoms with Crippen LogP contribution >= 0.6 is 0 Å². The van der Waals surface area contributed by atoms with E-state index in [-0.39, 0.29) is 18.0 Å². The lowest BCUT2D eigenvalue weighted by atomic mass is 10.0. The molecule has 2 aromatic carbocycles. The highest BCUT2D eigenvalue weighted by atomic mass is 19.4. The fourth-order valence-corrected chi connectivity index (χ4v) is 3.20. The first kappa shape index (κ1) is 24.5. The second-order valence-electron chi connectivity index (χ2n) is 6.86. The number of likely N-dealkylation sites (N-methyl/N-ethyl adjacent to an activating group) is 1. The fraction of sp³-hybridized carbons (Fsp3) is 0.435. The maximum absolute atomic E-state index is 13.0. The van der Waals surface area contributed by atoms with Crippen LogP contribution < -0.4 is 9.47 Å². The quantitative estimate of drug-likeness (QED) is 0.456. The Kier molecular flexibility index (Phi) is 8.74. The molecule has 0 N–H and O–H groups in total. The molecule has 5 nitrogen and oxygen atoms in total. The molecule has 2 rings (SSSR count). The molecule has 0 amide bonds. The van der Waals surface area contributed by atoms with Gasteiger partial charge in [-0.3, -0.25) is 0 Å². The van der Waals surface area contributed by atoms with Gasteiger partial charge >= 0.3 is 12.1 Å². The van der Waals surface area contributed by atoms with Gasteiger partial charge in [0.1, 0.15) is 17.1 Å². The first-order valence-corrected chi connectivity index (χ1v) is 10.2. The molecule has 2 aromatic rings. The lowest BCUT2D eigenvalue weighted by molar-refractivity contribution is -0.137. The van der Waals surface area contributed by atoms with E-state index in [2.05, 4.69) is 0 Å². The summed E-state index contributed by atoms with van der Waals surface area (Å²) in [5.74, 6) is 0.0466. The molecule has 0 aliphatic carbocycles. The van der Waals surface area contributed by atoms with Crippen LogP contribution in [-0.4, -0.2) is 36.8 Å². The summed E-state index contributed by atoms with van der Waals surface area (Å²) in [6.45, 7) is 8.27. The summed E-state index contributed by atoms with van der Waals surface area (Å²) in [4.78, 5) is 18.6. The highest BCUT2D eigenvalue weighted by molar-refractivity contribution is 5.95. The minimum absolute atomic E-state index is 0.177. The number of hydrogen-bond acceptors (Lipinski definition) is 5. The third kappa shape index (κ3) is 6.62. The molecule has 0 fully saturated rings. The van der Waals surface area contributed by atoms with Gasteiger partial charge < -0.3 is 14.3 Å². The van der Waals surface area contributed by atoms with Crippen molar-refractivity contribution in [1.29, 1.82) is 0 Å². The molecular formula is C23H28F3NO4. The van der Waals surface area contributed by atoms with Gasteiger partial charge in [-0.15, -0.1) is 5.06 Å². The van der Waals surface area contributed by atoms with E-state index in [1.54, 1.807) is 52.0 Å². The number of hydrogen-bond donors (Lipinski definition) is 0. The van der Waals surface area contributed by atoms with Crippen LogP contribution in [0.4, 0.5) is 13.2 Å². The predicted octanol–water partition coefficient (Wildman–Crippen LogP) is 5.53. The van der Waals surface area contributed by atoms with Crippen LogP contribution in [-0.2, 0) is 17.4 Å². The van der Waals surface area contributed by atoms with Gasteiger partial charge in [-0.2, -0.15) is 13.2 Å². The number of ether oxygens (including phenoxy) is 2. The van der Waals surface area contributed by atoms with Gasteiger partial charge in [-0.05, 0) is 57.9 Å². The van der Waals surface area contributed by atoms with Crippen molar-refractivity contribution in [2.45, 2.75) is 46.3 Å². The van der Waals surface area contributed by atoms with Crippen LogP contribution in [0.15, 0.2) is 42.5 Å². The zero-order chi connectivity index (χ0) is 23.0. The van der Waals surface area contributed by atoms with Gasteiger partial charge in [0.05, 0.1) is 18.8 Å². The molecule has 0 radical (unpaired) electrons. The number of halogens is 3. The highest BCUT2D eigenvalue weighted by Crippen LogP contribution is 2.31. The molecule has 1 unspecified atom stereocenters. The van der Waals surface area contributed by atoms with E-state index in [1.807, 2.05) is 0 Å². The molecular weight excluding hydrogens is 411 g/mol. The van der Waals surface area contributed by atoms with Crippen molar-refractivity contribution in [2.24, 2.45) is 0 Å². The van der Waals surface area contributed by atoms with Gasteiger partial charge in [0.15, 0.2) is 0 Å². The van der Waals surface area contributed by atoms with Crippen molar-refractivity contribution < 1.29 is 32.3 Å². The van der Waals surface area contributed by atoms with Crippen LogP contribution in [0, 0.1) is 0 Å². The Bertz CT molecular complexity index is 846. The van der Waals surface area contributed by atoms with E-state index in [0.29, 0.717) is 36.8 Å². The Labute approximate surface area is 180 Å². The number of benzene rings is 2. The molecule has 0 spiro atoms. The van der Waals surface area contributed by atoms with Crippen molar-refractivity contribution >= 4 is 5.97 Å². The molecule has 0 aliphatic rings. The van der Waals surface area contributed by atoms with Crippen molar-refractivity contribution in [2.75, 3.05) is 19.8 Å². The van der Waals surface area contributed by atoms with Gasteiger partial charge in [-0.25, -0.2) is 4.79 Å². The number of alkyl halides is 3. The van der Waals surface area contributed by atoms with Gasteiger partial charge in [0.25, 0.3) is 0 Å². The minimum atomic E-state index is -4.41. The zero-order valence-electron chi connectivity index (χ0n) is 18.2. The Hall–Kier alpha value is -2.74. The SMILES string of the molecule is CCOc1cccc(OCC)c1C(=O)ON(CC)C(C)Cc1cccc(C(F)(F)F)c1. The van der Waals surface area contributed by atoms with E-state index in [4.69, 9.17) is 14.3 Å². The molecule has 1 atom stereocenters. The monoisotopic (exact) mass is 439 g/mol. The standard InChI is InChI=1S/C23H28F3NO4/c1-5-27(16(4)14-17-10-8-11-18(15-17)23(24,25)26)31-22(28)21-19(29-6-2)12-9-13-20(21)30-7-3/h8-13,15-16H,5-7,14H2,1-4H3. The van der Waals surface area contributed by atoms with E-state index in [9.17, 15) is 18.0 Å². The zero-order valence-corrected chi connectivity index (χ0v) is 18.2. The Balaban J connectivity index is 2.20. The lowest BCUT2D eigenvalue weighted by Gasteiger charge is -2.27. The van der Waals surface area contributed by atoms with Crippen LogP contribution in [0.1, 0.15) is 49.2 Å². The topological polar surface area (TPSA) is 48.0 Å². The van der Waals surface area contributed by atoms with E-state index < -0.39 is 17.7 Å². The molecule has 0 aromatic heterocycles. The second-order valence-corrected chi connectivity index (χ2v) is 6.86. The largest absolute Gasteiger partial charge is 0.493 e. The first-order chi connectivity index (χ1) is 14.7. The highest BCUT2D eigenvalue weighted by Gasteiger charge is 2.31. The van der Waals surface area contributed by atoms with E-state index in [0.717, 1.165) is 12.1 Å². The third-order valence-electron chi connectivity index (χ3n) is 4.58. The molecule has 8 heteroatoms. The maximum Gasteiger partial charge on any atom is 0.416 e. The third-order valence-corrected chi connectivity index (χ3v) is 4.58. The molecule has 0 aliphatic heterocycles. The Morgan fingerprint density at radius 3 is 2.10 bits per heavy atom. The van der Waals surface area contributed by atoms with E-state index >= 15 is 0 Å². The number of carbonyl (C=O) groups is 1. The molecule has 0 heterocycles. The first-order valence-electron chi connectivity index (χ1n) is 10.2. The fourth-order valence-electron chi connectivity index (χ4n) is 3.20. The minimum Gasteiger partial charge on any atom is -0.493 e. The van der Waals surface area contributed by atoms with Crippen LogP contribution in [0.2, 0.25) is 0 Å². The van der Waals surface area contributed by atoms with Gasteiger partial charge in [0.2, 0.25) is 0 Å². The summed E-state index contributed by atoms with van der Waals surface area (Å²) in [6, 6.07) is 9.83. The molecule has 0 saturated carbocycles. The normalized spacial score (nSPS) is 12.5. The van der Waals surface area contributed by atoms with Crippen molar-refractivity contribution in [3.63, 3.8) is 0 Å². The van der Waals surface area contributed by atoms with Crippen molar-refractivity contribution in [3.8, 4) is 11.5 Å². The number of nitrogens with zero attached hydrogens (tertiary/aromatic N) is 1.